The number of hydrogen-bond donors (Lipinski definition) is 3. The molecule has 1 fully saturated rings. The number of fused-ring (bicyclic) bond motifs is 1. The fourth-order valence-corrected chi connectivity index (χ4v) is 6.08. The van der Waals surface area contributed by atoms with Gasteiger partial charge in [0.05, 0.1) is 23.2 Å². The van der Waals surface area contributed by atoms with Crippen LogP contribution in [0.4, 0.5) is 5.82 Å². The Hall–Kier alpha value is -2.36. The van der Waals surface area contributed by atoms with Crippen LogP contribution in [-0.4, -0.2) is 51.3 Å². The number of aryl methyl sites for hydroxylation is 1. The van der Waals surface area contributed by atoms with E-state index in [1.807, 2.05) is 31.2 Å². The molecule has 1 aliphatic carbocycles. The van der Waals surface area contributed by atoms with Gasteiger partial charge in [-0.25, -0.2) is 9.97 Å². The molecule has 3 heterocycles. The SMILES string of the molecule is Cc1sc(C(=O)c2cncnc2NC2C[C@H](CO)[C@@H](O)C2)cc1[C@@H]1OCCc2ccc(Cl)cc21. The van der Waals surface area contributed by atoms with Gasteiger partial charge in [-0.1, -0.05) is 17.7 Å². The molecule has 5 rings (SSSR count). The predicted octanol–water partition coefficient (Wildman–Crippen LogP) is 3.94. The highest BCUT2D eigenvalue weighted by atomic mass is 35.5. The smallest absolute Gasteiger partial charge is 0.208 e. The van der Waals surface area contributed by atoms with E-state index in [-0.39, 0.29) is 30.5 Å². The third kappa shape index (κ3) is 4.48. The van der Waals surface area contributed by atoms with E-state index >= 15 is 0 Å². The van der Waals surface area contributed by atoms with E-state index < -0.39 is 6.10 Å². The summed E-state index contributed by atoms with van der Waals surface area (Å²) in [5, 5.41) is 23.5. The van der Waals surface area contributed by atoms with Gasteiger partial charge in [-0.05, 0) is 61.1 Å². The number of thiophene rings is 1. The molecule has 0 bridgehead atoms. The summed E-state index contributed by atoms with van der Waals surface area (Å²) in [6.45, 7) is 2.54. The normalized spacial score (nSPS) is 24.1. The number of rotatable bonds is 6. The molecule has 3 aromatic rings. The Morgan fingerprint density at radius 2 is 2.15 bits per heavy atom. The van der Waals surface area contributed by atoms with Crippen molar-refractivity contribution in [2.45, 2.75) is 44.4 Å². The number of aromatic nitrogens is 2. The molecule has 7 nitrogen and oxygen atoms in total. The summed E-state index contributed by atoms with van der Waals surface area (Å²) in [5.41, 5.74) is 3.60. The van der Waals surface area contributed by atoms with Gasteiger partial charge in [-0.15, -0.1) is 11.3 Å². The molecule has 1 aromatic carbocycles. The monoisotopic (exact) mass is 499 g/mol. The van der Waals surface area contributed by atoms with Crippen LogP contribution in [0.3, 0.4) is 0 Å². The molecule has 1 aliphatic heterocycles. The van der Waals surface area contributed by atoms with Crippen LogP contribution >= 0.6 is 22.9 Å². The van der Waals surface area contributed by atoms with Gasteiger partial charge >= 0.3 is 0 Å². The average molecular weight is 500 g/mol. The maximum Gasteiger partial charge on any atom is 0.208 e. The van der Waals surface area contributed by atoms with E-state index in [1.165, 1.54) is 29.4 Å². The largest absolute Gasteiger partial charge is 0.396 e. The zero-order chi connectivity index (χ0) is 23.8. The fourth-order valence-electron chi connectivity index (χ4n) is 4.89. The Labute approximate surface area is 206 Å². The molecule has 2 aliphatic rings. The summed E-state index contributed by atoms with van der Waals surface area (Å²) >= 11 is 7.69. The molecule has 1 saturated carbocycles. The molecule has 9 heteroatoms. The quantitative estimate of drug-likeness (QED) is 0.441. The molecule has 178 valence electrons. The number of nitrogens with zero attached hydrogens (tertiary/aromatic N) is 2. The highest BCUT2D eigenvalue weighted by molar-refractivity contribution is 7.14. The van der Waals surface area contributed by atoms with Crippen molar-refractivity contribution in [3.63, 3.8) is 0 Å². The number of halogens is 1. The van der Waals surface area contributed by atoms with Crippen LogP contribution in [0.15, 0.2) is 36.8 Å². The predicted molar refractivity (Wildman–Crippen MR) is 131 cm³/mol. The van der Waals surface area contributed by atoms with Crippen LogP contribution in [0.25, 0.3) is 0 Å². The average Bonchev–Trinajstić information content (AvgIpc) is 3.40. The molecular formula is C25H26ClN3O4S. The Kier molecular flexibility index (Phi) is 6.68. The van der Waals surface area contributed by atoms with Gasteiger partial charge in [0.25, 0.3) is 0 Å². The molecule has 2 aromatic heterocycles. The van der Waals surface area contributed by atoms with Gasteiger partial charge in [0, 0.05) is 34.7 Å². The summed E-state index contributed by atoms with van der Waals surface area (Å²) in [5.74, 6) is 0.101. The first-order valence-corrected chi connectivity index (χ1v) is 12.5. The minimum absolute atomic E-state index is 0.0657. The van der Waals surface area contributed by atoms with Crippen molar-refractivity contribution in [1.29, 1.82) is 0 Å². The minimum atomic E-state index is -0.571. The van der Waals surface area contributed by atoms with E-state index in [0.29, 0.717) is 40.7 Å². The molecule has 4 atom stereocenters. The van der Waals surface area contributed by atoms with E-state index in [4.69, 9.17) is 16.3 Å². The second kappa shape index (κ2) is 9.71. The third-order valence-electron chi connectivity index (χ3n) is 6.70. The van der Waals surface area contributed by atoms with Gasteiger partial charge in [-0.2, -0.15) is 0 Å². The summed E-state index contributed by atoms with van der Waals surface area (Å²) in [7, 11) is 0. The number of aliphatic hydroxyl groups is 2. The highest BCUT2D eigenvalue weighted by Crippen LogP contribution is 2.39. The van der Waals surface area contributed by atoms with Gasteiger partial charge < -0.3 is 20.3 Å². The molecule has 1 unspecified atom stereocenters. The first-order chi connectivity index (χ1) is 16.4. The second-order valence-electron chi connectivity index (χ2n) is 8.90. The lowest BCUT2D eigenvalue weighted by Gasteiger charge is -2.26. The topological polar surface area (TPSA) is 105 Å². The van der Waals surface area contributed by atoms with Crippen LogP contribution in [-0.2, 0) is 11.2 Å². The first kappa shape index (κ1) is 23.4. The minimum Gasteiger partial charge on any atom is -0.396 e. The first-order valence-electron chi connectivity index (χ1n) is 11.3. The zero-order valence-electron chi connectivity index (χ0n) is 18.7. The fraction of sp³-hybridized carbons (Fsp3) is 0.400. The van der Waals surface area contributed by atoms with Crippen molar-refractivity contribution < 1.29 is 19.7 Å². The van der Waals surface area contributed by atoms with Gasteiger partial charge in [0.2, 0.25) is 5.78 Å². The van der Waals surface area contributed by atoms with E-state index in [9.17, 15) is 15.0 Å². The lowest BCUT2D eigenvalue weighted by molar-refractivity contribution is 0.0697. The maximum absolute atomic E-state index is 13.5. The zero-order valence-corrected chi connectivity index (χ0v) is 20.3. The Morgan fingerprint density at radius 1 is 1.29 bits per heavy atom. The number of nitrogens with one attached hydrogen (secondary N) is 1. The number of hydrogen-bond acceptors (Lipinski definition) is 8. The summed E-state index contributed by atoms with van der Waals surface area (Å²) in [4.78, 5) is 23.5. The van der Waals surface area contributed by atoms with Crippen molar-refractivity contribution in [2.75, 3.05) is 18.5 Å². The van der Waals surface area contributed by atoms with Crippen molar-refractivity contribution in [3.8, 4) is 0 Å². The lowest BCUT2D eigenvalue weighted by atomic mass is 9.93. The van der Waals surface area contributed by atoms with Crippen molar-refractivity contribution in [3.05, 3.63) is 73.8 Å². The molecule has 0 saturated heterocycles. The van der Waals surface area contributed by atoms with Gasteiger partial charge in [-0.3, -0.25) is 4.79 Å². The molecule has 0 radical (unpaired) electrons. The van der Waals surface area contributed by atoms with Crippen LogP contribution in [0, 0.1) is 12.8 Å². The summed E-state index contributed by atoms with van der Waals surface area (Å²) < 4.78 is 6.12. The molecule has 34 heavy (non-hydrogen) atoms. The summed E-state index contributed by atoms with van der Waals surface area (Å²) in [6.07, 6.45) is 4.02. The molecule has 0 amide bonds. The summed E-state index contributed by atoms with van der Waals surface area (Å²) in [6, 6.07) is 7.71. The Morgan fingerprint density at radius 3 is 2.94 bits per heavy atom. The third-order valence-corrected chi connectivity index (χ3v) is 8.00. The molecule has 3 N–H and O–H groups in total. The number of anilines is 1. The highest BCUT2D eigenvalue weighted by Gasteiger charge is 2.33. The Balaban J connectivity index is 1.42. The van der Waals surface area contributed by atoms with Crippen molar-refractivity contribution >= 4 is 34.5 Å². The standard InChI is InChI=1S/C25H26ClN3O4S/c1-13-18(24-19-7-16(26)3-2-14(19)4-5-33-24)9-22(34-13)23(32)20-10-27-12-28-25(20)29-17-6-15(11-30)21(31)8-17/h2-3,7,9-10,12,15,17,21,24,30-31H,4-6,8,11H2,1H3,(H,27,28,29)/t15-,17?,21+,24+/m1/s1. The maximum atomic E-state index is 13.5. The van der Waals surface area contributed by atoms with Crippen LogP contribution in [0.1, 0.15) is 55.7 Å². The van der Waals surface area contributed by atoms with Crippen LogP contribution < -0.4 is 5.32 Å². The van der Waals surface area contributed by atoms with Gasteiger partial charge in [0.15, 0.2) is 0 Å². The second-order valence-corrected chi connectivity index (χ2v) is 10.6. The number of carbonyl (C=O) groups excluding carboxylic acids is 1. The Bertz CT molecular complexity index is 1220. The van der Waals surface area contributed by atoms with E-state index in [2.05, 4.69) is 15.3 Å². The number of ether oxygens (including phenoxy) is 1. The lowest BCUT2D eigenvalue weighted by Crippen LogP contribution is -2.20. The van der Waals surface area contributed by atoms with Crippen molar-refractivity contribution in [2.24, 2.45) is 5.92 Å². The number of carbonyl (C=O) groups is 1. The van der Waals surface area contributed by atoms with E-state index in [0.717, 1.165) is 22.4 Å². The number of aliphatic hydroxyl groups excluding tert-OH is 2. The number of benzene rings is 1. The van der Waals surface area contributed by atoms with Gasteiger partial charge in [0.1, 0.15) is 18.2 Å². The molecular weight excluding hydrogens is 474 g/mol. The molecule has 0 spiro atoms. The number of ketones is 1. The van der Waals surface area contributed by atoms with E-state index in [1.54, 1.807) is 0 Å². The van der Waals surface area contributed by atoms with Crippen molar-refractivity contribution in [1.82, 2.24) is 9.97 Å². The van der Waals surface area contributed by atoms with Crippen LogP contribution in [0.5, 0.6) is 0 Å². The van der Waals surface area contributed by atoms with Crippen LogP contribution in [0.2, 0.25) is 5.02 Å².